The molecule has 90 valence electrons. The largest absolute Gasteiger partial charge is 0.429 e. The lowest BCUT2D eigenvalue weighted by Gasteiger charge is -2.09. The Morgan fingerprint density at radius 2 is 1.65 bits per heavy atom. The van der Waals surface area contributed by atoms with E-state index in [1.165, 1.54) is 16.3 Å². The number of hydrogen-bond donors (Lipinski definition) is 0. The molecule has 0 spiro atoms. The predicted molar refractivity (Wildman–Crippen MR) is 78.2 cm³/mol. The van der Waals surface area contributed by atoms with Gasteiger partial charge in [-0.3, -0.25) is 0 Å². The molecular weight excluding hydrogens is 454 g/mol. The second kappa shape index (κ2) is 5.44. The number of hydrogen-bond acceptors (Lipinski definition) is 1. The zero-order valence-corrected chi connectivity index (χ0v) is 15.4. The third-order valence-corrected chi connectivity index (χ3v) is 7.24. The van der Waals surface area contributed by atoms with Crippen molar-refractivity contribution in [1.29, 1.82) is 0 Å². The van der Waals surface area contributed by atoms with Crippen LogP contribution in [-0.2, 0) is 0 Å². The summed E-state index contributed by atoms with van der Waals surface area (Å²) in [5.41, 5.74) is 0. The Kier molecular flexibility index (Phi) is 4.35. The van der Waals surface area contributed by atoms with Crippen molar-refractivity contribution in [2.24, 2.45) is 0 Å². The van der Waals surface area contributed by atoms with Crippen molar-refractivity contribution in [2.75, 3.05) is 0 Å². The van der Waals surface area contributed by atoms with Crippen LogP contribution in [0.15, 0.2) is 40.8 Å². The summed E-state index contributed by atoms with van der Waals surface area (Å²) in [6.07, 6.45) is 0. The maximum Gasteiger partial charge on any atom is 0.400 e. The molecule has 0 fully saturated rings. The topological polar surface area (TPSA) is 13.1 Å². The van der Waals surface area contributed by atoms with Gasteiger partial charge in [-0.1, -0.05) is 19.6 Å². The number of benzene rings is 1. The van der Waals surface area contributed by atoms with Crippen molar-refractivity contribution in [1.82, 2.24) is 0 Å². The minimum absolute atomic E-state index is 0.159. The molecule has 1 aromatic carbocycles. The zero-order valence-electron chi connectivity index (χ0n) is 10.1. The summed E-state index contributed by atoms with van der Waals surface area (Å²) in [6.45, 7) is 6.95. The Morgan fingerprint density at radius 3 is 2.18 bits per heavy atom. The summed E-state index contributed by atoms with van der Waals surface area (Å²) in [4.78, 5) is 0. The molecule has 1 heterocycles. The molecule has 0 aliphatic carbocycles. The molecule has 2 aromatic rings. The van der Waals surface area contributed by atoms with E-state index in [-0.39, 0.29) is 21.2 Å². The Bertz CT molecular complexity index is 497. The SMILES string of the molecule is C[Si](C)(C)c1ccc([I+]c2ccc(I)cc2)o1. The normalized spacial score (nSPS) is 11.8. The first-order valence-electron chi connectivity index (χ1n) is 5.46. The van der Waals surface area contributed by atoms with Gasteiger partial charge in [0.1, 0.15) is 8.07 Å². The third kappa shape index (κ3) is 3.82. The quantitative estimate of drug-likeness (QED) is 0.474. The van der Waals surface area contributed by atoms with Crippen LogP contribution in [0.5, 0.6) is 0 Å². The Morgan fingerprint density at radius 1 is 1.00 bits per heavy atom. The monoisotopic (exact) mass is 469 g/mol. The summed E-state index contributed by atoms with van der Waals surface area (Å²) in [6, 6.07) is 13.1. The molecule has 17 heavy (non-hydrogen) atoms. The Labute approximate surface area is 127 Å². The zero-order chi connectivity index (χ0) is 12.5. The van der Waals surface area contributed by atoms with Gasteiger partial charge in [-0.15, -0.1) is 0 Å². The van der Waals surface area contributed by atoms with Crippen molar-refractivity contribution in [3.8, 4) is 0 Å². The molecular formula is C13H15I2OSi+. The van der Waals surface area contributed by atoms with E-state index in [4.69, 9.17) is 4.42 Å². The molecule has 0 aliphatic heterocycles. The molecule has 1 aromatic heterocycles. The summed E-state index contributed by atoms with van der Waals surface area (Å²) in [5, 5.41) is 1.22. The average molecular weight is 469 g/mol. The van der Waals surface area contributed by atoms with Crippen molar-refractivity contribution < 1.29 is 25.6 Å². The third-order valence-electron chi connectivity index (χ3n) is 2.32. The number of rotatable bonds is 3. The van der Waals surface area contributed by atoms with Gasteiger partial charge in [0.2, 0.25) is 0 Å². The second-order valence-electron chi connectivity index (χ2n) is 4.88. The second-order valence-corrected chi connectivity index (χ2v) is 14.0. The maximum atomic E-state index is 5.99. The van der Waals surface area contributed by atoms with E-state index in [0.29, 0.717) is 0 Å². The average Bonchev–Trinajstić information content (AvgIpc) is 2.69. The lowest BCUT2D eigenvalue weighted by Crippen LogP contribution is -3.61. The van der Waals surface area contributed by atoms with Crippen LogP contribution in [0.3, 0.4) is 0 Å². The molecule has 1 nitrogen and oxygen atoms in total. The van der Waals surface area contributed by atoms with Gasteiger partial charge in [0.15, 0.2) is 3.57 Å². The molecule has 4 heteroatoms. The van der Waals surface area contributed by atoms with Crippen LogP contribution in [0, 0.1) is 10.9 Å². The van der Waals surface area contributed by atoms with Gasteiger partial charge in [-0.05, 0) is 52.9 Å². The predicted octanol–water partition coefficient (Wildman–Crippen LogP) is 0.558. The van der Waals surface area contributed by atoms with Gasteiger partial charge in [0.25, 0.3) is 0 Å². The molecule has 0 atom stereocenters. The molecule has 0 saturated heterocycles. The van der Waals surface area contributed by atoms with Gasteiger partial charge in [0.05, 0.1) is 5.38 Å². The van der Waals surface area contributed by atoms with Gasteiger partial charge in [-0.25, -0.2) is 0 Å². The molecule has 0 saturated carbocycles. The fourth-order valence-corrected chi connectivity index (χ4v) is 4.97. The van der Waals surface area contributed by atoms with Gasteiger partial charge in [-0.2, -0.15) is 0 Å². The van der Waals surface area contributed by atoms with Crippen LogP contribution in [0.1, 0.15) is 0 Å². The highest BCUT2D eigenvalue weighted by atomic mass is 127. The van der Waals surface area contributed by atoms with Crippen LogP contribution in [0.2, 0.25) is 19.6 Å². The van der Waals surface area contributed by atoms with Gasteiger partial charge in [0, 0.05) is 9.64 Å². The number of furan rings is 1. The Balaban J connectivity index is 2.14. The van der Waals surface area contributed by atoms with Gasteiger partial charge >= 0.3 is 25.0 Å². The van der Waals surface area contributed by atoms with E-state index in [9.17, 15) is 0 Å². The van der Waals surface area contributed by atoms with Crippen molar-refractivity contribution >= 4 is 36.0 Å². The fraction of sp³-hybridized carbons (Fsp3) is 0.231. The summed E-state index contributed by atoms with van der Waals surface area (Å²) in [7, 11) is -1.29. The van der Waals surface area contributed by atoms with E-state index >= 15 is 0 Å². The highest BCUT2D eigenvalue weighted by molar-refractivity contribution is 14.1. The van der Waals surface area contributed by atoms with E-state index in [2.05, 4.69) is 78.6 Å². The highest BCUT2D eigenvalue weighted by Gasteiger charge is 2.26. The van der Waals surface area contributed by atoms with Crippen LogP contribution >= 0.6 is 22.6 Å². The summed E-state index contributed by atoms with van der Waals surface area (Å²) >= 11 is 2.18. The van der Waals surface area contributed by atoms with Crippen LogP contribution < -0.4 is 26.6 Å². The number of halogens is 2. The van der Waals surface area contributed by atoms with Crippen molar-refractivity contribution in [3.05, 3.63) is 47.3 Å². The molecule has 0 bridgehead atoms. The molecule has 0 radical (unpaired) electrons. The first kappa shape index (κ1) is 13.6. The maximum absolute atomic E-state index is 5.99. The summed E-state index contributed by atoms with van der Waals surface area (Å²) in [5.74, 6) is 0. The van der Waals surface area contributed by atoms with E-state index < -0.39 is 8.07 Å². The van der Waals surface area contributed by atoms with Crippen molar-refractivity contribution in [2.45, 2.75) is 19.6 Å². The van der Waals surface area contributed by atoms with E-state index in [1.807, 2.05) is 0 Å². The minimum Gasteiger partial charge on any atom is -0.429 e. The molecule has 2 rings (SSSR count). The molecule has 0 N–H and O–H groups in total. The minimum atomic E-state index is -1.29. The standard InChI is InChI=1S/C13H15I2OSi/c1-17(2,3)13-9-8-12(16-13)15-11-6-4-10(14)5-7-11/h4-9H,1-3H3/q+1. The molecule has 0 aliphatic rings. The first-order chi connectivity index (χ1) is 7.95. The highest BCUT2D eigenvalue weighted by Crippen LogP contribution is 2.02. The van der Waals surface area contributed by atoms with Crippen LogP contribution in [0.25, 0.3) is 0 Å². The van der Waals surface area contributed by atoms with Crippen LogP contribution in [-0.4, -0.2) is 8.07 Å². The smallest absolute Gasteiger partial charge is 0.400 e. The Hall–Kier alpha value is 0.177. The fourth-order valence-electron chi connectivity index (χ4n) is 1.37. The van der Waals surface area contributed by atoms with E-state index in [1.54, 1.807) is 0 Å². The first-order valence-corrected chi connectivity index (χ1v) is 12.2. The molecule has 0 amide bonds. The van der Waals surface area contributed by atoms with E-state index in [0.717, 1.165) is 0 Å². The van der Waals surface area contributed by atoms with Crippen LogP contribution in [0.4, 0.5) is 0 Å². The lowest BCUT2D eigenvalue weighted by molar-refractivity contribution is -0.617. The lowest BCUT2D eigenvalue weighted by atomic mass is 10.4. The van der Waals surface area contributed by atoms with Crippen molar-refractivity contribution in [3.63, 3.8) is 0 Å². The van der Waals surface area contributed by atoms with Gasteiger partial charge < -0.3 is 4.42 Å². The molecule has 0 unspecified atom stereocenters. The summed E-state index contributed by atoms with van der Waals surface area (Å²) < 4.78 is 9.88.